The van der Waals surface area contributed by atoms with Crippen LogP contribution in [0.25, 0.3) is 6.08 Å². The summed E-state index contributed by atoms with van der Waals surface area (Å²) in [5, 5.41) is 12.2. The van der Waals surface area contributed by atoms with E-state index in [4.69, 9.17) is 14.2 Å². The summed E-state index contributed by atoms with van der Waals surface area (Å²) in [6.45, 7) is 4.89. The van der Waals surface area contributed by atoms with Crippen molar-refractivity contribution >= 4 is 46.2 Å². The zero-order valence-corrected chi connectivity index (χ0v) is 21.0. The second-order valence-electron chi connectivity index (χ2n) is 7.31. The first-order valence-electron chi connectivity index (χ1n) is 10.4. The number of rotatable bonds is 8. The third-order valence-corrected chi connectivity index (χ3v) is 5.76. The quantitative estimate of drug-likeness (QED) is 0.253. The molecule has 1 aromatic heterocycles. The van der Waals surface area contributed by atoms with E-state index < -0.39 is 17.8 Å². The number of thiophene rings is 1. The molecule has 1 aromatic carbocycles. The van der Waals surface area contributed by atoms with Crippen LogP contribution >= 0.6 is 11.3 Å². The number of nitriles is 1. The first kappa shape index (κ1) is 27.1. The Hall–Kier alpha value is -4.17. The fourth-order valence-electron chi connectivity index (χ4n) is 2.96. The molecule has 0 unspecified atom stereocenters. The number of carbonyl (C=O) groups excluding carboxylic acids is 4. The number of hydrogen-bond acceptors (Lipinski definition) is 9. The van der Waals surface area contributed by atoms with Crippen molar-refractivity contribution in [3.8, 4) is 17.6 Å². The van der Waals surface area contributed by atoms with Crippen molar-refractivity contribution in [2.24, 2.45) is 0 Å². The molecule has 0 spiro atoms. The van der Waals surface area contributed by atoms with E-state index in [-0.39, 0.29) is 38.4 Å². The van der Waals surface area contributed by atoms with Gasteiger partial charge in [-0.1, -0.05) is 6.07 Å². The number of nitrogens with one attached hydrogen (secondary N) is 1. The van der Waals surface area contributed by atoms with Crippen LogP contribution in [0.3, 0.4) is 0 Å². The number of anilines is 1. The van der Waals surface area contributed by atoms with Crippen LogP contribution in [0.1, 0.15) is 45.0 Å². The number of methoxy groups -OCH3 is 1. The molecule has 184 valence electrons. The van der Waals surface area contributed by atoms with E-state index in [2.05, 4.69) is 5.32 Å². The Morgan fingerprint density at radius 1 is 1.20 bits per heavy atom. The molecule has 35 heavy (non-hydrogen) atoms. The number of esters is 2. The van der Waals surface area contributed by atoms with Gasteiger partial charge in [0, 0.05) is 21.0 Å². The van der Waals surface area contributed by atoms with Gasteiger partial charge in [-0.05, 0) is 43.2 Å². The molecule has 2 aromatic rings. The Morgan fingerprint density at radius 2 is 1.89 bits per heavy atom. The van der Waals surface area contributed by atoms with Gasteiger partial charge in [-0.2, -0.15) is 5.26 Å². The van der Waals surface area contributed by atoms with Gasteiger partial charge in [-0.15, -0.1) is 11.3 Å². The monoisotopic (exact) mass is 499 g/mol. The fourth-order valence-corrected chi connectivity index (χ4v) is 4.18. The lowest BCUT2D eigenvalue weighted by atomic mass is 10.1. The van der Waals surface area contributed by atoms with Gasteiger partial charge in [0.05, 0.1) is 24.2 Å². The number of ether oxygens (including phenoxy) is 3. The molecule has 1 N–H and O–H groups in total. The highest BCUT2D eigenvalue weighted by atomic mass is 32.1. The highest BCUT2D eigenvalue weighted by Gasteiger charge is 2.27. The number of carbonyl (C=O) groups is 4. The average Bonchev–Trinajstić information content (AvgIpc) is 3.12. The fraction of sp³-hybridized carbons (Fsp3) is 0.292. The van der Waals surface area contributed by atoms with Crippen LogP contribution in [0.5, 0.6) is 11.5 Å². The highest BCUT2D eigenvalue weighted by molar-refractivity contribution is 7.18. The molecule has 0 aliphatic heterocycles. The molecule has 11 heteroatoms. The third-order valence-electron chi connectivity index (χ3n) is 4.56. The summed E-state index contributed by atoms with van der Waals surface area (Å²) in [6, 6.07) is 6.39. The van der Waals surface area contributed by atoms with E-state index in [0.29, 0.717) is 17.7 Å². The Morgan fingerprint density at radius 3 is 2.43 bits per heavy atom. The molecule has 1 heterocycles. The molecule has 0 aliphatic carbocycles. The topological polar surface area (TPSA) is 135 Å². The van der Waals surface area contributed by atoms with Crippen LogP contribution in [-0.4, -0.2) is 56.5 Å². The molecule has 0 saturated heterocycles. The van der Waals surface area contributed by atoms with Crippen molar-refractivity contribution in [3.63, 3.8) is 0 Å². The summed E-state index contributed by atoms with van der Waals surface area (Å²) in [6.07, 6.45) is 1.32. The van der Waals surface area contributed by atoms with E-state index in [0.717, 1.165) is 11.3 Å². The van der Waals surface area contributed by atoms with Crippen LogP contribution in [0, 0.1) is 18.3 Å². The van der Waals surface area contributed by atoms with Crippen molar-refractivity contribution in [3.05, 3.63) is 45.3 Å². The molecular formula is C24H25N3O7S. The van der Waals surface area contributed by atoms with Gasteiger partial charge < -0.3 is 24.4 Å². The molecule has 10 nitrogen and oxygen atoms in total. The third kappa shape index (κ3) is 6.45. The van der Waals surface area contributed by atoms with E-state index in [1.807, 2.05) is 6.07 Å². The summed E-state index contributed by atoms with van der Waals surface area (Å²) in [5.41, 5.74) is 0.573. The van der Waals surface area contributed by atoms with Gasteiger partial charge >= 0.3 is 11.9 Å². The number of benzene rings is 1. The second-order valence-corrected chi connectivity index (χ2v) is 8.33. The summed E-state index contributed by atoms with van der Waals surface area (Å²) in [4.78, 5) is 50.7. The summed E-state index contributed by atoms with van der Waals surface area (Å²) in [5.74, 6) is -1.91. The minimum atomic E-state index is -0.787. The smallest absolute Gasteiger partial charge is 0.341 e. The lowest BCUT2D eigenvalue weighted by Crippen LogP contribution is -2.21. The second kappa shape index (κ2) is 11.8. The first-order chi connectivity index (χ1) is 16.5. The summed E-state index contributed by atoms with van der Waals surface area (Å²) < 4.78 is 15.4. The minimum absolute atomic E-state index is 0.0395. The van der Waals surface area contributed by atoms with Crippen molar-refractivity contribution in [2.45, 2.75) is 20.8 Å². The lowest BCUT2D eigenvalue weighted by molar-refractivity contribution is -0.132. The maximum atomic E-state index is 12.9. The predicted octanol–water partition coefficient (Wildman–Crippen LogP) is 3.41. The average molecular weight is 500 g/mol. The molecule has 0 bridgehead atoms. The molecule has 2 amide bonds. The minimum Gasteiger partial charge on any atom is -0.490 e. The van der Waals surface area contributed by atoms with Crippen LogP contribution in [-0.2, 0) is 14.3 Å². The van der Waals surface area contributed by atoms with Crippen molar-refractivity contribution in [2.75, 3.05) is 33.1 Å². The molecular weight excluding hydrogens is 474 g/mol. The molecule has 2 rings (SSSR count). The normalized spacial score (nSPS) is 10.7. The van der Waals surface area contributed by atoms with Gasteiger partial charge in [-0.25, -0.2) is 4.79 Å². The first-order valence-corrected chi connectivity index (χ1v) is 11.2. The zero-order valence-electron chi connectivity index (χ0n) is 20.2. The van der Waals surface area contributed by atoms with Crippen molar-refractivity contribution in [1.29, 1.82) is 5.26 Å². The zero-order chi connectivity index (χ0) is 26.3. The van der Waals surface area contributed by atoms with E-state index in [9.17, 15) is 24.4 Å². The molecule has 0 radical (unpaired) electrons. The lowest BCUT2D eigenvalue weighted by Gasteiger charge is -2.10. The van der Waals surface area contributed by atoms with E-state index in [1.54, 1.807) is 34.0 Å². The van der Waals surface area contributed by atoms with E-state index >= 15 is 0 Å². The standard InChI is InChI=1S/C24H25N3O7S/c1-7-33-18-11-15(8-9-17(18)34-14(3)28)10-16(12-25)21(29)26-22-19(24(31)32-6)13(2)20(35-22)23(30)27(4)5/h8-11H,7H2,1-6H3,(H,26,29). The maximum absolute atomic E-state index is 12.9. The largest absolute Gasteiger partial charge is 0.490 e. The highest BCUT2D eigenvalue weighted by Crippen LogP contribution is 2.35. The van der Waals surface area contributed by atoms with Crippen LogP contribution in [0.4, 0.5) is 5.00 Å². The van der Waals surface area contributed by atoms with Gasteiger partial charge in [0.1, 0.15) is 16.6 Å². The Balaban J connectivity index is 2.45. The summed E-state index contributed by atoms with van der Waals surface area (Å²) in [7, 11) is 4.32. The number of hydrogen-bond donors (Lipinski definition) is 1. The van der Waals surface area contributed by atoms with E-state index in [1.165, 1.54) is 37.1 Å². The van der Waals surface area contributed by atoms with Crippen molar-refractivity contribution < 1.29 is 33.4 Å². The van der Waals surface area contributed by atoms with Crippen molar-refractivity contribution in [1.82, 2.24) is 4.90 Å². The van der Waals surface area contributed by atoms with Gasteiger partial charge in [0.15, 0.2) is 11.5 Å². The molecule has 0 fully saturated rings. The SMILES string of the molecule is CCOc1cc(C=C(C#N)C(=O)Nc2sc(C(=O)N(C)C)c(C)c2C(=O)OC)ccc1OC(C)=O. The summed E-state index contributed by atoms with van der Waals surface area (Å²) >= 11 is 0.916. The van der Waals surface area contributed by atoms with Gasteiger partial charge in [0.25, 0.3) is 11.8 Å². The predicted molar refractivity (Wildman–Crippen MR) is 130 cm³/mol. The van der Waals surface area contributed by atoms with Crippen LogP contribution < -0.4 is 14.8 Å². The Labute approximate surface area is 206 Å². The molecule has 0 atom stereocenters. The number of nitrogens with zero attached hydrogens (tertiary/aromatic N) is 2. The van der Waals surface area contributed by atoms with Crippen LogP contribution in [0.2, 0.25) is 0 Å². The number of amides is 2. The molecule has 0 saturated carbocycles. The van der Waals surface area contributed by atoms with Gasteiger partial charge in [-0.3, -0.25) is 14.4 Å². The maximum Gasteiger partial charge on any atom is 0.341 e. The Kier molecular flexibility index (Phi) is 9.13. The van der Waals surface area contributed by atoms with Gasteiger partial charge in [0.2, 0.25) is 0 Å². The van der Waals surface area contributed by atoms with Crippen LogP contribution in [0.15, 0.2) is 23.8 Å². The molecule has 0 aliphatic rings. The Bertz CT molecular complexity index is 1240.